The first-order chi connectivity index (χ1) is 9.01. The summed E-state index contributed by atoms with van der Waals surface area (Å²) in [5.41, 5.74) is 3.31. The fourth-order valence-electron chi connectivity index (χ4n) is 2.46. The molecule has 1 aromatic rings. The van der Waals surface area contributed by atoms with Crippen LogP contribution in [0.3, 0.4) is 0 Å². The van der Waals surface area contributed by atoms with Gasteiger partial charge in [0, 0.05) is 12.2 Å². The van der Waals surface area contributed by atoms with Gasteiger partial charge >= 0.3 is 5.97 Å². The Morgan fingerprint density at radius 2 is 1.95 bits per heavy atom. The van der Waals surface area contributed by atoms with Crippen LogP contribution in [0.15, 0.2) is 18.2 Å². The number of Topliss-reactive ketones (excluding diaryl/α,β-unsaturated/α-hetero) is 1. The molecule has 1 unspecified atom stereocenters. The van der Waals surface area contributed by atoms with Gasteiger partial charge in [0.05, 0.1) is 13.2 Å². The summed E-state index contributed by atoms with van der Waals surface area (Å²) >= 11 is 0. The molecule has 1 aliphatic rings. The van der Waals surface area contributed by atoms with Gasteiger partial charge < -0.3 is 9.64 Å². The van der Waals surface area contributed by atoms with Gasteiger partial charge in [0.2, 0.25) is 0 Å². The minimum absolute atomic E-state index is 0.0578. The van der Waals surface area contributed by atoms with Gasteiger partial charge in [0.1, 0.15) is 5.92 Å². The van der Waals surface area contributed by atoms with Gasteiger partial charge in [-0.1, -0.05) is 6.07 Å². The van der Waals surface area contributed by atoms with Crippen LogP contribution in [-0.2, 0) is 14.3 Å². The molecule has 19 heavy (non-hydrogen) atoms. The highest BCUT2D eigenvalue weighted by Crippen LogP contribution is 2.24. The summed E-state index contributed by atoms with van der Waals surface area (Å²) in [6.45, 7) is 6.81. The van der Waals surface area contributed by atoms with E-state index in [1.165, 1.54) is 0 Å². The first kappa shape index (κ1) is 13.6. The second-order valence-electron chi connectivity index (χ2n) is 5.00. The maximum Gasteiger partial charge on any atom is 0.318 e. The van der Waals surface area contributed by atoms with Crippen molar-refractivity contribution in [2.75, 3.05) is 24.6 Å². The standard InChI is InChI=1S/C15H19NO3/c1-4-19-15(18)13-8-16(9-14(13)17)12-6-10(2)5-11(3)7-12/h5-7,13H,4,8-9H2,1-3H3. The number of anilines is 1. The molecule has 102 valence electrons. The molecular weight excluding hydrogens is 242 g/mol. The Balaban J connectivity index is 2.16. The van der Waals surface area contributed by atoms with Crippen LogP contribution in [0.2, 0.25) is 0 Å². The van der Waals surface area contributed by atoms with E-state index < -0.39 is 11.9 Å². The van der Waals surface area contributed by atoms with Crippen molar-refractivity contribution in [2.24, 2.45) is 5.92 Å². The van der Waals surface area contributed by atoms with Crippen LogP contribution < -0.4 is 4.90 Å². The minimum Gasteiger partial charge on any atom is -0.465 e. The number of carbonyl (C=O) groups excluding carboxylic acids is 2. The normalized spacial score (nSPS) is 18.8. The molecule has 0 aromatic heterocycles. The van der Waals surface area contributed by atoms with E-state index in [2.05, 4.69) is 6.07 Å². The van der Waals surface area contributed by atoms with E-state index in [0.717, 1.165) is 16.8 Å². The molecule has 0 radical (unpaired) electrons. The Kier molecular flexibility index (Phi) is 3.88. The quantitative estimate of drug-likeness (QED) is 0.615. The Labute approximate surface area is 113 Å². The molecular formula is C15H19NO3. The van der Waals surface area contributed by atoms with Crippen molar-refractivity contribution in [3.63, 3.8) is 0 Å². The second kappa shape index (κ2) is 5.43. The molecule has 0 spiro atoms. The Morgan fingerprint density at radius 3 is 2.53 bits per heavy atom. The average molecular weight is 261 g/mol. The van der Waals surface area contributed by atoms with E-state index in [1.807, 2.05) is 30.9 Å². The van der Waals surface area contributed by atoms with Crippen molar-refractivity contribution in [3.05, 3.63) is 29.3 Å². The van der Waals surface area contributed by atoms with E-state index >= 15 is 0 Å². The third-order valence-corrected chi connectivity index (χ3v) is 3.28. The van der Waals surface area contributed by atoms with Crippen LogP contribution >= 0.6 is 0 Å². The van der Waals surface area contributed by atoms with Crippen molar-refractivity contribution in [3.8, 4) is 0 Å². The molecule has 0 N–H and O–H groups in total. The molecule has 4 nitrogen and oxygen atoms in total. The molecule has 1 aromatic carbocycles. The first-order valence-electron chi connectivity index (χ1n) is 6.54. The number of esters is 1. The first-order valence-corrected chi connectivity index (χ1v) is 6.54. The number of rotatable bonds is 3. The summed E-state index contributed by atoms with van der Waals surface area (Å²) in [4.78, 5) is 25.5. The highest BCUT2D eigenvalue weighted by atomic mass is 16.5. The largest absolute Gasteiger partial charge is 0.465 e. The number of nitrogens with zero attached hydrogens (tertiary/aromatic N) is 1. The molecule has 1 aliphatic heterocycles. The average Bonchev–Trinajstić information content (AvgIpc) is 2.70. The van der Waals surface area contributed by atoms with Gasteiger partial charge in [0.25, 0.3) is 0 Å². The molecule has 0 bridgehead atoms. The second-order valence-corrected chi connectivity index (χ2v) is 5.00. The fraction of sp³-hybridized carbons (Fsp3) is 0.467. The molecule has 4 heteroatoms. The molecule has 0 amide bonds. The van der Waals surface area contributed by atoms with Gasteiger partial charge in [0.15, 0.2) is 5.78 Å². The molecule has 0 aliphatic carbocycles. The zero-order valence-corrected chi connectivity index (χ0v) is 11.6. The number of ether oxygens (including phenoxy) is 1. The van der Waals surface area contributed by atoms with Crippen LogP contribution in [0, 0.1) is 19.8 Å². The van der Waals surface area contributed by atoms with Gasteiger partial charge in [-0.25, -0.2) is 0 Å². The van der Waals surface area contributed by atoms with E-state index in [-0.39, 0.29) is 12.3 Å². The van der Waals surface area contributed by atoms with Crippen LogP contribution in [0.5, 0.6) is 0 Å². The van der Waals surface area contributed by atoms with Crippen molar-refractivity contribution >= 4 is 17.4 Å². The maximum atomic E-state index is 11.9. The zero-order chi connectivity index (χ0) is 14.0. The predicted molar refractivity (Wildman–Crippen MR) is 73.3 cm³/mol. The molecule has 0 saturated carbocycles. The summed E-state index contributed by atoms with van der Waals surface area (Å²) < 4.78 is 4.94. The number of hydrogen-bond acceptors (Lipinski definition) is 4. The van der Waals surface area contributed by atoms with Crippen LogP contribution in [0.25, 0.3) is 0 Å². The SMILES string of the molecule is CCOC(=O)C1CN(c2cc(C)cc(C)c2)CC1=O. The van der Waals surface area contributed by atoms with E-state index in [9.17, 15) is 9.59 Å². The topological polar surface area (TPSA) is 46.6 Å². The third kappa shape index (κ3) is 2.95. The van der Waals surface area contributed by atoms with Gasteiger partial charge in [-0.3, -0.25) is 9.59 Å². The van der Waals surface area contributed by atoms with Gasteiger partial charge in [-0.05, 0) is 44.0 Å². The molecule has 1 atom stereocenters. The highest BCUT2D eigenvalue weighted by molar-refractivity contribution is 6.04. The molecule has 1 saturated heterocycles. The summed E-state index contributed by atoms with van der Waals surface area (Å²) in [6.07, 6.45) is 0. The molecule has 2 rings (SSSR count). The summed E-state index contributed by atoms with van der Waals surface area (Å²) in [5, 5.41) is 0. The number of ketones is 1. The lowest BCUT2D eigenvalue weighted by atomic mass is 10.1. The smallest absolute Gasteiger partial charge is 0.318 e. The Morgan fingerprint density at radius 1 is 1.32 bits per heavy atom. The summed E-state index contributed by atoms with van der Waals surface area (Å²) in [5.74, 6) is -1.10. The van der Waals surface area contributed by atoms with Gasteiger partial charge in [-0.2, -0.15) is 0 Å². The van der Waals surface area contributed by atoms with Crippen molar-refractivity contribution < 1.29 is 14.3 Å². The zero-order valence-electron chi connectivity index (χ0n) is 11.6. The lowest BCUT2D eigenvalue weighted by Crippen LogP contribution is -2.25. The Bertz CT molecular complexity index is 490. The molecule has 1 heterocycles. The van der Waals surface area contributed by atoms with Crippen LogP contribution in [0.1, 0.15) is 18.1 Å². The lowest BCUT2D eigenvalue weighted by Gasteiger charge is -2.18. The minimum atomic E-state index is -0.638. The highest BCUT2D eigenvalue weighted by Gasteiger charge is 2.37. The number of benzene rings is 1. The fourth-order valence-corrected chi connectivity index (χ4v) is 2.46. The summed E-state index contributed by atoms with van der Waals surface area (Å²) in [6, 6.07) is 6.16. The predicted octanol–water partition coefficient (Wildman–Crippen LogP) is 1.87. The van der Waals surface area contributed by atoms with Crippen molar-refractivity contribution in [1.82, 2.24) is 0 Å². The van der Waals surface area contributed by atoms with E-state index in [0.29, 0.717) is 13.2 Å². The van der Waals surface area contributed by atoms with Crippen LogP contribution in [0.4, 0.5) is 5.69 Å². The van der Waals surface area contributed by atoms with Crippen molar-refractivity contribution in [1.29, 1.82) is 0 Å². The van der Waals surface area contributed by atoms with Gasteiger partial charge in [-0.15, -0.1) is 0 Å². The third-order valence-electron chi connectivity index (χ3n) is 3.28. The lowest BCUT2D eigenvalue weighted by molar-refractivity contribution is -0.149. The summed E-state index contributed by atoms with van der Waals surface area (Å²) in [7, 11) is 0. The van der Waals surface area contributed by atoms with Crippen LogP contribution in [-0.4, -0.2) is 31.4 Å². The Hall–Kier alpha value is -1.84. The number of aryl methyl sites for hydroxylation is 2. The maximum absolute atomic E-state index is 11.9. The number of carbonyl (C=O) groups is 2. The van der Waals surface area contributed by atoms with Crippen molar-refractivity contribution in [2.45, 2.75) is 20.8 Å². The number of hydrogen-bond donors (Lipinski definition) is 0. The monoisotopic (exact) mass is 261 g/mol. The van der Waals surface area contributed by atoms with E-state index in [4.69, 9.17) is 4.74 Å². The van der Waals surface area contributed by atoms with E-state index in [1.54, 1.807) is 6.92 Å². The molecule has 1 fully saturated rings.